The second kappa shape index (κ2) is 12.0. The van der Waals surface area contributed by atoms with Gasteiger partial charge < -0.3 is 9.80 Å². The molecule has 5 heteroatoms. The van der Waals surface area contributed by atoms with Crippen molar-refractivity contribution < 1.29 is 15.4 Å². The van der Waals surface area contributed by atoms with Crippen LogP contribution in [0.5, 0.6) is 0 Å². The van der Waals surface area contributed by atoms with E-state index in [1.807, 2.05) is 49.3 Å². The van der Waals surface area contributed by atoms with Crippen molar-refractivity contribution in [3.8, 4) is 11.1 Å². The molecule has 0 spiro atoms. The molecule has 0 bridgehead atoms. The van der Waals surface area contributed by atoms with Crippen molar-refractivity contribution in [3.63, 3.8) is 0 Å². The molecular weight excluding hydrogens is 463 g/mol. The molecule has 1 saturated carbocycles. The zero-order chi connectivity index (χ0) is 27.2. The van der Waals surface area contributed by atoms with Crippen LogP contribution >= 0.6 is 0 Å². The van der Waals surface area contributed by atoms with Crippen LogP contribution in [0.25, 0.3) is 17.2 Å². The van der Waals surface area contributed by atoms with Crippen molar-refractivity contribution in [1.82, 2.24) is 0 Å². The lowest BCUT2D eigenvalue weighted by Crippen LogP contribution is -2.37. The van der Waals surface area contributed by atoms with Crippen molar-refractivity contribution in [1.29, 1.82) is 0 Å². The van der Waals surface area contributed by atoms with E-state index in [2.05, 4.69) is 0 Å². The molecule has 1 aliphatic rings. The highest BCUT2D eigenvalue weighted by Crippen LogP contribution is 2.31. The van der Waals surface area contributed by atoms with Crippen molar-refractivity contribution in [3.05, 3.63) is 89.8 Å². The largest absolute Gasteiger partial charge is 0.378 e. The Morgan fingerprint density at radius 3 is 2.30 bits per heavy atom. The van der Waals surface area contributed by atoms with Crippen molar-refractivity contribution in [2.24, 2.45) is 5.92 Å². The molecule has 4 rings (SSSR count). The maximum absolute atomic E-state index is 15.5. The topological polar surface area (TPSA) is 40.6 Å². The third kappa shape index (κ3) is 6.73. The minimum absolute atomic E-state index is 0.0811. The highest BCUT2D eigenvalue weighted by atomic mass is 19.1. The van der Waals surface area contributed by atoms with Gasteiger partial charge in [-0.15, -0.1) is 0 Å². The monoisotopic (exact) mass is 499 g/mol. The molecule has 1 fully saturated rings. The zero-order valence-corrected chi connectivity index (χ0v) is 21.8. The third-order valence-corrected chi connectivity index (χ3v) is 6.84. The van der Waals surface area contributed by atoms with Crippen LogP contribution in [-0.2, 0) is 16.1 Å². The van der Waals surface area contributed by atoms with Gasteiger partial charge in [-0.2, -0.15) is 0 Å². The summed E-state index contributed by atoms with van der Waals surface area (Å²) >= 11 is 0. The van der Waals surface area contributed by atoms with Crippen LogP contribution in [0.4, 0.5) is 15.8 Å². The lowest BCUT2D eigenvalue weighted by Gasteiger charge is -2.30. The number of carbonyl (C=O) groups excluding carboxylic acids is 2. The van der Waals surface area contributed by atoms with Crippen LogP contribution in [-0.4, -0.2) is 25.8 Å². The quantitative estimate of drug-likeness (QED) is 0.306. The van der Waals surface area contributed by atoms with Gasteiger partial charge in [-0.05, 0) is 72.9 Å². The smallest absolute Gasteiger partial charge is 0.230 e. The van der Waals surface area contributed by atoms with E-state index in [1.54, 1.807) is 36.4 Å². The average molecular weight is 500 g/mol. The minimum atomic E-state index is -1.25. The van der Waals surface area contributed by atoms with Gasteiger partial charge in [0.2, 0.25) is 5.91 Å². The Labute approximate surface area is 220 Å². The van der Waals surface area contributed by atoms with E-state index in [0.29, 0.717) is 11.3 Å². The first kappa shape index (κ1) is 24.9. The van der Waals surface area contributed by atoms with E-state index in [4.69, 9.17) is 1.37 Å². The lowest BCUT2D eigenvalue weighted by molar-refractivity contribution is -0.123. The van der Waals surface area contributed by atoms with E-state index >= 15 is 4.39 Å². The summed E-state index contributed by atoms with van der Waals surface area (Å²) in [4.78, 5) is 28.6. The standard InChI is InChI=1S/C32H35FN2O2/c1-23(36)12-13-24-8-7-11-30(20-24)35(32(37)26-9-5-4-6-10-26)22-28-15-14-27(21-31(28)33)25-16-18-29(19-17-25)34(2)3/h7-8,11-21,26H,4-6,9-10,22H2,1-3H3/b13-12+/i22D. The maximum atomic E-state index is 15.5. The summed E-state index contributed by atoms with van der Waals surface area (Å²) in [6, 6.07) is 19.9. The summed E-state index contributed by atoms with van der Waals surface area (Å²) in [5.41, 5.74) is 4.05. The summed E-state index contributed by atoms with van der Waals surface area (Å²) in [6.45, 7) is 0.226. The Hall–Kier alpha value is -3.73. The molecule has 192 valence electrons. The molecular formula is C32H35FN2O2. The molecule has 1 aliphatic carbocycles. The van der Waals surface area contributed by atoms with Gasteiger partial charge in [0, 0.05) is 37.0 Å². The number of nitrogens with zero attached hydrogens (tertiary/aromatic N) is 2. The fourth-order valence-electron chi connectivity index (χ4n) is 4.71. The molecule has 0 aromatic heterocycles. The van der Waals surface area contributed by atoms with Gasteiger partial charge in [0.05, 0.1) is 7.89 Å². The molecule has 3 aromatic rings. The van der Waals surface area contributed by atoms with Gasteiger partial charge in [-0.25, -0.2) is 4.39 Å². The lowest BCUT2D eigenvalue weighted by atomic mass is 9.88. The first-order valence-electron chi connectivity index (χ1n) is 13.4. The number of allylic oxidation sites excluding steroid dienone is 1. The van der Waals surface area contributed by atoms with Crippen molar-refractivity contribution in [2.75, 3.05) is 23.9 Å². The Balaban J connectivity index is 1.69. The van der Waals surface area contributed by atoms with E-state index in [0.717, 1.165) is 48.9 Å². The van der Waals surface area contributed by atoms with Gasteiger partial charge in [0.1, 0.15) is 5.82 Å². The van der Waals surface area contributed by atoms with Gasteiger partial charge in [-0.3, -0.25) is 9.59 Å². The Morgan fingerprint density at radius 1 is 0.946 bits per heavy atom. The maximum Gasteiger partial charge on any atom is 0.230 e. The summed E-state index contributed by atoms with van der Waals surface area (Å²) in [5.74, 6) is -0.943. The third-order valence-electron chi connectivity index (χ3n) is 6.84. The Bertz CT molecular complexity index is 1310. The van der Waals surface area contributed by atoms with E-state index in [1.165, 1.54) is 24.0 Å². The van der Waals surface area contributed by atoms with Crippen molar-refractivity contribution in [2.45, 2.75) is 45.5 Å². The molecule has 0 N–H and O–H groups in total. The van der Waals surface area contributed by atoms with Crippen LogP contribution in [0.1, 0.15) is 51.5 Å². The molecule has 1 amide bonds. The molecule has 0 saturated heterocycles. The molecule has 4 nitrogen and oxygen atoms in total. The molecule has 1 atom stereocenters. The van der Waals surface area contributed by atoms with Crippen LogP contribution in [0.2, 0.25) is 0 Å². The zero-order valence-electron chi connectivity index (χ0n) is 22.8. The summed E-state index contributed by atoms with van der Waals surface area (Å²) in [7, 11) is 3.93. The van der Waals surface area contributed by atoms with E-state index < -0.39 is 12.3 Å². The van der Waals surface area contributed by atoms with Crippen molar-refractivity contribution >= 4 is 29.1 Å². The second-order valence-electron chi connectivity index (χ2n) is 9.89. The molecule has 0 heterocycles. The van der Waals surface area contributed by atoms with Crippen LogP contribution in [0, 0.1) is 11.7 Å². The number of amides is 1. The Kier molecular flexibility index (Phi) is 8.09. The summed E-state index contributed by atoms with van der Waals surface area (Å²) in [5, 5.41) is 0. The predicted molar refractivity (Wildman–Crippen MR) is 150 cm³/mol. The summed E-state index contributed by atoms with van der Waals surface area (Å²) < 4.78 is 24.6. The molecule has 0 radical (unpaired) electrons. The number of halogens is 1. The number of hydrogen-bond acceptors (Lipinski definition) is 3. The Morgan fingerprint density at radius 2 is 1.65 bits per heavy atom. The molecule has 3 aromatic carbocycles. The number of rotatable bonds is 8. The van der Waals surface area contributed by atoms with Crippen LogP contribution in [0.3, 0.4) is 0 Å². The minimum Gasteiger partial charge on any atom is -0.378 e. The number of carbonyl (C=O) groups is 2. The number of ketones is 1. The number of hydrogen-bond donors (Lipinski definition) is 0. The fourth-order valence-corrected chi connectivity index (χ4v) is 4.71. The summed E-state index contributed by atoms with van der Waals surface area (Å²) in [6.07, 6.45) is 7.75. The van der Waals surface area contributed by atoms with Gasteiger partial charge in [0.15, 0.2) is 5.78 Å². The highest BCUT2D eigenvalue weighted by Gasteiger charge is 2.28. The van der Waals surface area contributed by atoms with Gasteiger partial charge >= 0.3 is 0 Å². The van der Waals surface area contributed by atoms with Crippen LogP contribution < -0.4 is 9.80 Å². The highest BCUT2D eigenvalue weighted by molar-refractivity contribution is 5.96. The first-order chi connectivity index (χ1) is 18.2. The SMILES string of the molecule is [2H]C(c1ccc(-c2ccc(N(C)C)cc2)cc1F)N(C(=O)C1CCCCC1)c1cccc(/C=C/C(C)=O)c1. The van der Waals surface area contributed by atoms with Gasteiger partial charge in [0.25, 0.3) is 0 Å². The second-order valence-corrected chi connectivity index (χ2v) is 9.89. The molecule has 37 heavy (non-hydrogen) atoms. The van der Waals surface area contributed by atoms with Crippen LogP contribution in [0.15, 0.2) is 72.8 Å². The van der Waals surface area contributed by atoms with E-state index in [-0.39, 0.29) is 23.2 Å². The fraction of sp³-hybridized carbons (Fsp3) is 0.312. The average Bonchev–Trinajstić information content (AvgIpc) is 2.92. The predicted octanol–water partition coefficient (Wildman–Crippen LogP) is 7.27. The van der Waals surface area contributed by atoms with E-state index in [9.17, 15) is 9.59 Å². The number of benzene rings is 3. The normalized spacial score (nSPS) is 15.3. The van der Waals surface area contributed by atoms with Gasteiger partial charge in [-0.1, -0.05) is 61.7 Å². The molecule has 0 aliphatic heterocycles. The molecule has 1 unspecified atom stereocenters. The number of anilines is 2. The first-order valence-corrected chi connectivity index (χ1v) is 12.9.